The molecule has 96 valence electrons. The molecule has 2 heterocycles. The molecule has 1 aromatic rings. The van der Waals surface area contributed by atoms with Gasteiger partial charge in [-0.25, -0.2) is 0 Å². The molecule has 0 radical (unpaired) electrons. The molecule has 2 rings (SSSR count). The van der Waals surface area contributed by atoms with Crippen LogP contribution in [0.4, 0.5) is 0 Å². The highest BCUT2D eigenvalue weighted by Crippen LogP contribution is 2.31. The molecule has 0 aromatic carbocycles. The van der Waals surface area contributed by atoms with E-state index in [4.69, 9.17) is 4.42 Å². The Morgan fingerprint density at radius 1 is 1.47 bits per heavy atom. The lowest BCUT2D eigenvalue weighted by atomic mass is 9.91. The van der Waals surface area contributed by atoms with Gasteiger partial charge in [-0.1, -0.05) is 6.92 Å². The normalized spacial score (nSPS) is 19.4. The smallest absolute Gasteiger partial charge is 0.0950 e. The summed E-state index contributed by atoms with van der Waals surface area (Å²) in [7, 11) is 0. The van der Waals surface area contributed by atoms with Crippen LogP contribution in [0.15, 0.2) is 23.0 Å². The molecule has 1 aliphatic heterocycles. The molecule has 0 bridgehead atoms. The Hall–Kier alpha value is -0.410. The SMILES string of the molecule is CCCNC(CC1CCSCC1)c1ccoc1. The second kappa shape index (κ2) is 7.12. The first-order valence-corrected chi connectivity index (χ1v) is 7.89. The molecular weight excluding hydrogens is 230 g/mol. The quantitative estimate of drug-likeness (QED) is 0.833. The van der Waals surface area contributed by atoms with E-state index in [2.05, 4.69) is 30.1 Å². The van der Waals surface area contributed by atoms with Crippen LogP contribution in [0.3, 0.4) is 0 Å². The van der Waals surface area contributed by atoms with Crippen LogP contribution in [0.25, 0.3) is 0 Å². The molecule has 0 amide bonds. The summed E-state index contributed by atoms with van der Waals surface area (Å²) < 4.78 is 5.22. The van der Waals surface area contributed by atoms with E-state index in [9.17, 15) is 0 Å². The van der Waals surface area contributed by atoms with Crippen molar-refractivity contribution in [1.29, 1.82) is 0 Å². The van der Waals surface area contributed by atoms with Gasteiger partial charge in [0.15, 0.2) is 0 Å². The van der Waals surface area contributed by atoms with Crippen molar-refractivity contribution < 1.29 is 4.42 Å². The average Bonchev–Trinajstić information content (AvgIpc) is 2.89. The summed E-state index contributed by atoms with van der Waals surface area (Å²) in [4.78, 5) is 0. The minimum absolute atomic E-state index is 0.488. The fourth-order valence-electron chi connectivity index (χ4n) is 2.44. The van der Waals surface area contributed by atoms with E-state index >= 15 is 0 Å². The predicted octanol–water partition coefficient (Wildman–Crippen LogP) is 3.85. The maximum Gasteiger partial charge on any atom is 0.0950 e. The lowest BCUT2D eigenvalue weighted by Gasteiger charge is -2.26. The van der Waals surface area contributed by atoms with Gasteiger partial charge in [0.05, 0.1) is 12.5 Å². The highest BCUT2D eigenvalue weighted by molar-refractivity contribution is 7.99. The summed E-state index contributed by atoms with van der Waals surface area (Å²) >= 11 is 2.10. The van der Waals surface area contributed by atoms with Gasteiger partial charge in [0, 0.05) is 11.6 Å². The van der Waals surface area contributed by atoms with Gasteiger partial charge in [-0.15, -0.1) is 0 Å². The monoisotopic (exact) mass is 253 g/mol. The highest BCUT2D eigenvalue weighted by Gasteiger charge is 2.20. The van der Waals surface area contributed by atoms with Crippen molar-refractivity contribution in [2.75, 3.05) is 18.1 Å². The molecule has 2 nitrogen and oxygen atoms in total. The van der Waals surface area contributed by atoms with E-state index in [1.54, 1.807) is 6.26 Å². The number of thioether (sulfide) groups is 1. The number of hydrogen-bond acceptors (Lipinski definition) is 3. The van der Waals surface area contributed by atoms with Gasteiger partial charge < -0.3 is 9.73 Å². The molecule has 3 heteroatoms. The fraction of sp³-hybridized carbons (Fsp3) is 0.714. The van der Waals surface area contributed by atoms with Gasteiger partial charge in [0.25, 0.3) is 0 Å². The lowest BCUT2D eigenvalue weighted by Crippen LogP contribution is -2.25. The summed E-state index contributed by atoms with van der Waals surface area (Å²) in [6.45, 7) is 3.31. The van der Waals surface area contributed by atoms with E-state index in [0.717, 1.165) is 12.5 Å². The van der Waals surface area contributed by atoms with Gasteiger partial charge in [0.1, 0.15) is 0 Å². The third kappa shape index (κ3) is 4.07. The number of hydrogen-bond donors (Lipinski definition) is 1. The standard InChI is InChI=1S/C14H23NOS/c1-2-6-15-14(13-3-7-16-11-13)10-12-4-8-17-9-5-12/h3,7,11-12,14-15H,2,4-6,8-10H2,1H3. The Bertz CT molecular complexity index is 293. The van der Waals surface area contributed by atoms with E-state index < -0.39 is 0 Å². The van der Waals surface area contributed by atoms with Crippen molar-refractivity contribution in [2.24, 2.45) is 5.92 Å². The molecule has 0 aliphatic carbocycles. The summed E-state index contributed by atoms with van der Waals surface area (Å²) in [6, 6.07) is 2.59. The van der Waals surface area contributed by atoms with Crippen LogP contribution < -0.4 is 5.32 Å². The Morgan fingerprint density at radius 3 is 2.94 bits per heavy atom. The molecule has 1 fully saturated rings. The fourth-order valence-corrected chi connectivity index (χ4v) is 3.65. The van der Waals surface area contributed by atoms with E-state index in [-0.39, 0.29) is 0 Å². The Morgan fingerprint density at radius 2 is 2.29 bits per heavy atom. The van der Waals surface area contributed by atoms with E-state index in [1.807, 2.05) is 6.26 Å². The first kappa shape index (κ1) is 13.0. The zero-order valence-electron chi connectivity index (χ0n) is 10.7. The Kier molecular flexibility index (Phi) is 5.46. The number of nitrogens with one attached hydrogen (secondary N) is 1. The second-order valence-corrected chi connectivity index (χ2v) is 6.08. The first-order chi connectivity index (χ1) is 8.40. The minimum Gasteiger partial charge on any atom is -0.472 e. The van der Waals surface area contributed by atoms with Crippen molar-refractivity contribution in [3.05, 3.63) is 24.2 Å². The van der Waals surface area contributed by atoms with E-state index in [0.29, 0.717) is 6.04 Å². The maximum atomic E-state index is 5.22. The van der Waals surface area contributed by atoms with Gasteiger partial charge in [-0.05, 0) is 55.7 Å². The van der Waals surface area contributed by atoms with Crippen LogP contribution in [0.1, 0.15) is 44.2 Å². The zero-order valence-corrected chi connectivity index (χ0v) is 11.5. The predicted molar refractivity (Wildman–Crippen MR) is 74.4 cm³/mol. The molecular formula is C14H23NOS. The van der Waals surface area contributed by atoms with Crippen LogP contribution in [-0.4, -0.2) is 18.1 Å². The summed E-state index contributed by atoms with van der Waals surface area (Å²) in [5, 5.41) is 3.65. The third-order valence-corrected chi connectivity index (χ3v) is 4.54. The molecule has 0 saturated carbocycles. The topological polar surface area (TPSA) is 25.2 Å². The van der Waals surface area contributed by atoms with Gasteiger partial charge in [0.2, 0.25) is 0 Å². The molecule has 1 atom stereocenters. The largest absolute Gasteiger partial charge is 0.472 e. The van der Waals surface area contributed by atoms with Crippen LogP contribution in [0, 0.1) is 5.92 Å². The third-order valence-electron chi connectivity index (χ3n) is 3.50. The van der Waals surface area contributed by atoms with Crippen molar-refractivity contribution in [2.45, 2.75) is 38.6 Å². The van der Waals surface area contributed by atoms with Gasteiger partial charge in [-0.3, -0.25) is 0 Å². The molecule has 1 aliphatic rings. The molecule has 1 N–H and O–H groups in total. The molecule has 17 heavy (non-hydrogen) atoms. The Labute approximate surface area is 109 Å². The minimum atomic E-state index is 0.488. The summed E-state index contributed by atoms with van der Waals surface area (Å²) in [5.74, 6) is 3.58. The van der Waals surface area contributed by atoms with Crippen molar-refractivity contribution in [3.8, 4) is 0 Å². The van der Waals surface area contributed by atoms with Crippen molar-refractivity contribution in [1.82, 2.24) is 5.32 Å². The van der Waals surface area contributed by atoms with Crippen molar-refractivity contribution >= 4 is 11.8 Å². The Balaban J connectivity index is 1.90. The molecule has 1 aromatic heterocycles. The summed E-state index contributed by atoms with van der Waals surface area (Å²) in [5.41, 5.74) is 1.32. The zero-order chi connectivity index (χ0) is 11.9. The maximum absolute atomic E-state index is 5.22. The lowest BCUT2D eigenvalue weighted by molar-refractivity contribution is 0.368. The number of rotatable bonds is 6. The highest BCUT2D eigenvalue weighted by atomic mass is 32.2. The molecule has 1 saturated heterocycles. The first-order valence-electron chi connectivity index (χ1n) is 6.73. The number of furan rings is 1. The molecule has 1 unspecified atom stereocenters. The van der Waals surface area contributed by atoms with Crippen LogP contribution in [0.2, 0.25) is 0 Å². The summed E-state index contributed by atoms with van der Waals surface area (Å²) in [6.07, 6.45) is 8.90. The van der Waals surface area contributed by atoms with Crippen LogP contribution in [0.5, 0.6) is 0 Å². The van der Waals surface area contributed by atoms with Crippen molar-refractivity contribution in [3.63, 3.8) is 0 Å². The average molecular weight is 253 g/mol. The molecule has 0 spiro atoms. The van der Waals surface area contributed by atoms with E-state index in [1.165, 1.54) is 42.8 Å². The van der Waals surface area contributed by atoms with Crippen LogP contribution >= 0.6 is 11.8 Å². The van der Waals surface area contributed by atoms with Gasteiger partial charge in [-0.2, -0.15) is 11.8 Å². The van der Waals surface area contributed by atoms with Crippen LogP contribution in [-0.2, 0) is 0 Å². The second-order valence-electron chi connectivity index (χ2n) is 4.85. The van der Waals surface area contributed by atoms with Gasteiger partial charge >= 0.3 is 0 Å².